The van der Waals surface area contributed by atoms with E-state index < -0.39 is 6.04 Å². The van der Waals surface area contributed by atoms with E-state index in [1.165, 1.54) is 7.11 Å². The van der Waals surface area contributed by atoms with Crippen LogP contribution in [-0.2, 0) is 9.53 Å². The molecule has 0 N–H and O–H groups in total. The fourth-order valence-electron chi connectivity index (χ4n) is 2.77. The average molecular weight is 297 g/mol. The van der Waals surface area contributed by atoms with E-state index >= 15 is 0 Å². The molecule has 0 radical (unpaired) electrons. The largest absolute Gasteiger partial charge is 0.467 e. The van der Waals surface area contributed by atoms with E-state index in [4.69, 9.17) is 4.74 Å². The van der Waals surface area contributed by atoms with Gasteiger partial charge in [-0.1, -0.05) is 30.3 Å². The second-order valence-electron chi connectivity index (χ2n) is 5.70. The first-order chi connectivity index (χ1) is 10.6. The summed E-state index contributed by atoms with van der Waals surface area (Å²) in [6.45, 7) is 1.73. The minimum atomic E-state index is -0.559. The number of methoxy groups -OCH3 is 1. The molecule has 0 saturated heterocycles. The number of hydrogen-bond acceptors (Lipinski definition) is 3. The second-order valence-corrected chi connectivity index (χ2v) is 5.70. The summed E-state index contributed by atoms with van der Waals surface area (Å²) < 4.78 is 4.79. The molecule has 1 aliphatic carbocycles. The molecule has 1 aliphatic rings. The van der Waals surface area contributed by atoms with Crippen molar-refractivity contribution in [2.24, 2.45) is 0 Å². The zero-order chi connectivity index (χ0) is 15.7. The molecular weight excluding hydrogens is 278 g/mol. The van der Waals surface area contributed by atoms with Crippen LogP contribution in [0.2, 0.25) is 0 Å². The van der Waals surface area contributed by atoms with Crippen molar-refractivity contribution < 1.29 is 14.3 Å². The number of hydrogen-bond donors (Lipinski definition) is 0. The van der Waals surface area contributed by atoms with Gasteiger partial charge in [-0.05, 0) is 42.7 Å². The molecular formula is C18H19NO3. The third-order valence-electron chi connectivity index (χ3n) is 4.13. The lowest BCUT2D eigenvalue weighted by Crippen LogP contribution is -2.45. The number of amides is 1. The summed E-state index contributed by atoms with van der Waals surface area (Å²) in [5.74, 6) is -0.479. The third kappa shape index (κ3) is 2.69. The van der Waals surface area contributed by atoms with Crippen LogP contribution in [-0.4, -0.2) is 36.0 Å². The zero-order valence-electron chi connectivity index (χ0n) is 12.8. The Morgan fingerprint density at radius 3 is 2.45 bits per heavy atom. The minimum absolute atomic E-state index is 0.105. The van der Waals surface area contributed by atoms with E-state index in [1.54, 1.807) is 11.8 Å². The van der Waals surface area contributed by atoms with Crippen molar-refractivity contribution in [2.45, 2.75) is 31.8 Å². The lowest BCUT2D eigenvalue weighted by molar-refractivity contribution is -0.145. The fourth-order valence-corrected chi connectivity index (χ4v) is 2.77. The smallest absolute Gasteiger partial charge is 0.328 e. The minimum Gasteiger partial charge on any atom is -0.467 e. The predicted molar refractivity (Wildman–Crippen MR) is 84.6 cm³/mol. The molecule has 3 rings (SSSR count). The topological polar surface area (TPSA) is 46.6 Å². The summed E-state index contributed by atoms with van der Waals surface area (Å²) in [6, 6.07) is 13.2. The fraction of sp³-hybridized carbons (Fsp3) is 0.333. The predicted octanol–water partition coefficient (Wildman–Crippen LogP) is 3.01. The highest BCUT2D eigenvalue weighted by atomic mass is 16.5. The standard InChI is InChI=1S/C18H19NO3/c1-12(18(21)22-2)19(16-9-10-16)17(20)15-8-7-13-5-3-4-6-14(13)11-15/h3-8,11-12,16H,9-10H2,1-2H3/t12-/m1/s1. The Morgan fingerprint density at radius 1 is 1.14 bits per heavy atom. The number of benzene rings is 2. The Balaban J connectivity index is 1.93. The normalized spacial score (nSPS) is 15.4. The van der Waals surface area contributed by atoms with E-state index in [-0.39, 0.29) is 17.9 Å². The summed E-state index contributed by atoms with van der Waals surface area (Å²) in [4.78, 5) is 26.3. The maximum Gasteiger partial charge on any atom is 0.328 e. The molecule has 0 aromatic heterocycles. The number of carbonyl (C=O) groups excluding carboxylic acids is 2. The Morgan fingerprint density at radius 2 is 1.82 bits per heavy atom. The van der Waals surface area contributed by atoms with Gasteiger partial charge in [0.1, 0.15) is 6.04 Å². The molecule has 0 heterocycles. The van der Waals surface area contributed by atoms with E-state index in [0.717, 1.165) is 23.6 Å². The lowest BCUT2D eigenvalue weighted by Gasteiger charge is -2.27. The monoisotopic (exact) mass is 297 g/mol. The molecule has 0 unspecified atom stereocenters. The Kier molecular flexibility index (Phi) is 3.84. The number of carbonyl (C=O) groups is 2. The Hall–Kier alpha value is -2.36. The van der Waals surface area contributed by atoms with Crippen LogP contribution in [0, 0.1) is 0 Å². The number of ether oxygens (including phenoxy) is 1. The van der Waals surface area contributed by atoms with Gasteiger partial charge in [0.2, 0.25) is 0 Å². The van der Waals surface area contributed by atoms with Crippen LogP contribution in [0.25, 0.3) is 10.8 Å². The third-order valence-corrected chi connectivity index (χ3v) is 4.13. The molecule has 1 fully saturated rings. The highest BCUT2D eigenvalue weighted by Gasteiger charge is 2.39. The van der Waals surface area contributed by atoms with Crippen molar-refractivity contribution in [1.29, 1.82) is 0 Å². The zero-order valence-corrected chi connectivity index (χ0v) is 12.8. The second kappa shape index (κ2) is 5.79. The van der Waals surface area contributed by atoms with Gasteiger partial charge < -0.3 is 9.64 Å². The molecule has 114 valence electrons. The van der Waals surface area contributed by atoms with Crippen LogP contribution in [0.15, 0.2) is 42.5 Å². The van der Waals surface area contributed by atoms with Gasteiger partial charge in [-0.15, -0.1) is 0 Å². The molecule has 4 nitrogen and oxygen atoms in total. The highest BCUT2D eigenvalue weighted by molar-refractivity contribution is 6.00. The van der Waals surface area contributed by atoms with E-state index in [2.05, 4.69) is 0 Å². The van der Waals surface area contributed by atoms with Gasteiger partial charge >= 0.3 is 5.97 Å². The maximum atomic E-state index is 12.8. The summed E-state index contributed by atoms with van der Waals surface area (Å²) in [6.07, 6.45) is 1.89. The van der Waals surface area contributed by atoms with Gasteiger partial charge in [0.05, 0.1) is 7.11 Å². The van der Waals surface area contributed by atoms with Gasteiger partial charge in [0, 0.05) is 11.6 Å². The molecule has 0 spiro atoms. The Bertz CT molecular complexity index is 721. The number of fused-ring (bicyclic) bond motifs is 1. The number of esters is 1. The van der Waals surface area contributed by atoms with Crippen molar-refractivity contribution >= 4 is 22.6 Å². The number of nitrogens with zero attached hydrogens (tertiary/aromatic N) is 1. The molecule has 22 heavy (non-hydrogen) atoms. The summed E-state index contributed by atoms with van der Waals surface area (Å²) in [5.41, 5.74) is 0.612. The lowest BCUT2D eigenvalue weighted by atomic mass is 10.1. The Labute approximate surface area is 129 Å². The molecule has 2 aromatic rings. The molecule has 1 saturated carbocycles. The van der Waals surface area contributed by atoms with E-state index in [0.29, 0.717) is 5.56 Å². The SMILES string of the molecule is COC(=O)[C@@H](C)N(C(=O)c1ccc2ccccc2c1)C1CC1. The van der Waals surface area contributed by atoms with Gasteiger partial charge in [0.15, 0.2) is 0 Å². The van der Waals surface area contributed by atoms with Crippen LogP contribution in [0.3, 0.4) is 0 Å². The molecule has 0 bridgehead atoms. The van der Waals surface area contributed by atoms with Gasteiger partial charge in [-0.25, -0.2) is 4.79 Å². The van der Waals surface area contributed by atoms with Crippen molar-refractivity contribution in [2.75, 3.05) is 7.11 Å². The summed E-state index contributed by atoms with van der Waals surface area (Å²) >= 11 is 0. The van der Waals surface area contributed by atoms with Crippen LogP contribution in [0.5, 0.6) is 0 Å². The first-order valence-electron chi connectivity index (χ1n) is 7.51. The van der Waals surface area contributed by atoms with E-state index in [9.17, 15) is 9.59 Å². The summed E-state index contributed by atoms with van der Waals surface area (Å²) in [5, 5.41) is 2.12. The van der Waals surface area contributed by atoms with Crippen molar-refractivity contribution in [3.05, 3.63) is 48.0 Å². The van der Waals surface area contributed by atoms with Crippen LogP contribution in [0.1, 0.15) is 30.1 Å². The first-order valence-corrected chi connectivity index (χ1v) is 7.51. The van der Waals surface area contributed by atoms with Crippen LogP contribution >= 0.6 is 0 Å². The average Bonchev–Trinajstić information content (AvgIpc) is 3.38. The highest BCUT2D eigenvalue weighted by Crippen LogP contribution is 2.31. The maximum absolute atomic E-state index is 12.8. The van der Waals surface area contributed by atoms with Crippen LogP contribution < -0.4 is 0 Å². The molecule has 1 atom stereocenters. The van der Waals surface area contributed by atoms with Gasteiger partial charge in [0.25, 0.3) is 5.91 Å². The molecule has 0 aliphatic heterocycles. The van der Waals surface area contributed by atoms with Crippen molar-refractivity contribution in [3.8, 4) is 0 Å². The first kappa shape index (κ1) is 14.6. The quantitative estimate of drug-likeness (QED) is 0.815. The molecule has 4 heteroatoms. The molecule has 1 amide bonds. The molecule has 2 aromatic carbocycles. The van der Waals surface area contributed by atoms with Crippen molar-refractivity contribution in [3.63, 3.8) is 0 Å². The van der Waals surface area contributed by atoms with Gasteiger partial charge in [-0.3, -0.25) is 4.79 Å². The van der Waals surface area contributed by atoms with E-state index in [1.807, 2.05) is 42.5 Å². The summed E-state index contributed by atoms with van der Waals surface area (Å²) in [7, 11) is 1.35. The van der Waals surface area contributed by atoms with Gasteiger partial charge in [-0.2, -0.15) is 0 Å². The van der Waals surface area contributed by atoms with Crippen LogP contribution in [0.4, 0.5) is 0 Å². The number of rotatable bonds is 4. The van der Waals surface area contributed by atoms with Crippen molar-refractivity contribution in [1.82, 2.24) is 4.90 Å².